The van der Waals surface area contributed by atoms with Gasteiger partial charge in [-0.1, -0.05) is 13.8 Å². The van der Waals surface area contributed by atoms with E-state index < -0.39 is 32.1 Å². The van der Waals surface area contributed by atoms with Gasteiger partial charge in [0.2, 0.25) is 10.0 Å². The van der Waals surface area contributed by atoms with Crippen molar-refractivity contribution in [3.05, 3.63) is 29.3 Å². The van der Waals surface area contributed by atoms with Crippen molar-refractivity contribution in [3.63, 3.8) is 0 Å². The minimum Gasteiger partial charge on any atom is -0.310 e. The van der Waals surface area contributed by atoms with Crippen LogP contribution < -0.4 is 10.0 Å². The van der Waals surface area contributed by atoms with Crippen LogP contribution in [0, 0.1) is 11.6 Å². The second-order valence-electron chi connectivity index (χ2n) is 6.09. The number of hydrogen-bond donors (Lipinski definition) is 2. The minimum atomic E-state index is -4.06. The van der Waals surface area contributed by atoms with Crippen molar-refractivity contribution >= 4 is 10.0 Å². The van der Waals surface area contributed by atoms with Crippen molar-refractivity contribution in [1.82, 2.24) is 10.0 Å². The molecular weight excluding hydrogens is 298 g/mol. The highest BCUT2D eigenvalue weighted by Crippen LogP contribution is 2.36. The molecule has 4 nitrogen and oxygen atoms in total. The predicted molar refractivity (Wildman–Crippen MR) is 76.3 cm³/mol. The number of rotatable bonds is 6. The highest BCUT2D eigenvalue weighted by molar-refractivity contribution is 7.89. The lowest BCUT2D eigenvalue weighted by atomic mass is 10.2. The van der Waals surface area contributed by atoms with Gasteiger partial charge in [-0.3, -0.25) is 0 Å². The first-order valence-corrected chi connectivity index (χ1v) is 8.36. The van der Waals surface area contributed by atoms with Gasteiger partial charge in [-0.05, 0) is 37.5 Å². The van der Waals surface area contributed by atoms with Crippen LogP contribution >= 0.6 is 0 Å². The molecule has 0 spiro atoms. The Balaban J connectivity index is 2.33. The van der Waals surface area contributed by atoms with Crippen LogP contribution in [0.4, 0.5) is 8.78 Å². The van der Waals surface area contributed by atoms with Crippen molar-refractivity contribution in [3.8, 4) is 0 Å². The summed E-state index contributed by atoms with van der Waals surface area (Å²) in [4.78, 5) is -0.629. The van der Waals surface area contributed by atoms with E-state index >= 15 is 0 Å². The van der Waals surface area contributed by atoms with E-state index in [1.165, 1.54) is 6.07 Å². The van der Waals surface area contributed by atoms with E-state index in [4.69, 9.17) is 0 Å². The van der Waals surface area contributed by atoms with Gasteiger partial charge in [0.25, 0.3) is 0 Å². The van der Waals surface area contributed by atoms with E-state index in [1.807, 2.05) is 13.8 Å². The third kappa shape index (κ3) is 3.99. The Morgan fingerprint density at radius 3 is 2.43 bits per heavy atom. The molecule has 2 N–H and O–H groups in total. The predicted octanol–water partition coefficient (Wildman–Crippen LogP) is 2.29. The monoisotopic (exact) mass is 318 g/mol. The van der Waals surface area contributed by atoms with Gasteiger partial charge in [-0.2, -0.15) is 0 Å². The Labute approximate surface area is 124 Å². The van der Waals surface area contributed by atoms with Gasteiger partial charge in [-0.15, -0.1) is 0 Å². The van der Waals surface area contributed by atoms with E-state index in [9.17, 15) is 17.2 Å². The van der Waals surface area contributed by atoms with Crippen LogP contribution in [0.2, 0.25) is 0 Å². The third-order valence-electron chi connectivity index (χ3n) is 3.44. The Morgan fingerprint density at radius 2 is 1.90 bits per heavy atom. The second kappa shape index (κ2) is 5.62. The van der Waals surface area contributed by atoms with Gasteiger partial charge in [0.1, 0.15) is 4.90 Å². The quantitative estimate of drug-likeness (QED) is 0.846. The lowest BCUT2D eigenvalue weighted by molar-refractivity contribution is 0.477. The van der Waals surface area contributed by atoms with Gasteiger partial charge in [0.05, 0.1) is 0 Å². The molecule has 1 fully saturated rings. The van der Waals surface area contributed by atoms with Crippen LogP contribution in [0.3, 0.4) is 0 Å². The van der Waals surface area contributed by atoms with E-state index in [1.54, 1.807) is 6.92 Å². The molecule has 1 aromatic carbocycles. The number of hydrogen-bond acceptors (Lipinski definition) is 3. The highest BCUT2D eigenvalue weighted by Gasteiger charge is 2.42. The summed E-state index contributed by atoms with van der Waals surface area (Å²) < 4.78 is 54.4. The van der Waals surface area contributed by atoms with Crippen LogP contribution in [-0.2, 0) is 16.6 Å². The Hall–Kier alpha value is -1.05. The molecule has 0 radical (unpaired) electrons. The van der Waals surface area contributed by atoms with Crippen LogP contribution in [-0.4, -0.2) is 20.0 Å². The molecule has 2 rings (SSSR count). The molecule has 7 heteroatoms. The zero-order valence-corrected chi connectivity index (χ0v) is 13.2. The van der Waals surface area contributed by atoms with Crippen molar-refractivity contribution in [2.24, 2.45) is 0 Å². The average Bonchev–Trinajstić information content (AvgIpc) is 3.06. The van der Waals surface area contributed by atoms with Crippen LogP contribution in [0.15, 0.2) is 17.0 Å². The largest absolute Gasteiger partial charge is 0.310 e. The van der Waals surface area contributed by atoms with Crippen molar-refractivity contribution in [1.29, 1.82) is 0 Å². The SMILES string of the molecule is CC(C)NCc1cc(F)c(F)c(S(=O)(=O)NC2(C)CC2)c1. The molecule has 1 aliphatic carbocycles. The van der Waals surface area contributed by atoms with E-state index in [2.05, 4.69) is 10.0 Å². The Morgan fingerprint density at radius 1 is 1.29 bits per heavy atom. The molecule has 0 aliphatic heterocycles. The molecule has 1 saturated carbocycles. The van der Waals surface area contributed by atoms with Gasteiger partial charge < -0.3 is 5.32 Å². The fourth-order valence-corrected chi connectivity index (χ4v) is 3.51. The molecule has 0 bridgehead atoms. The van der Waals surface area contributed by atoms with Crippen LogP contribution in [0.5, 0.6) is 0 Å². The molecule has 1 aliphatic rings. The number of benzene rings is 1. The third-order valence-corrected chi connectivity index (χ3v) is 5.08. The van der Waals surface area contributed by atoms with Gasteiger partial charge in [0.15, 0.2) is 11.6 Å². The molecule has 1 aromatic rings. The molecule has 0 heterocycles. The summed E-state index contributed by atoms with van der Waals surface area (Å²) in [6.45, 7) is 5.83. The molecule has 118 valence electrons. The van der Waals surface area contributed by atoms with Gasteiger partial charge in [0, 0.05) is 18.1 Å². The lowest BCUT2D eigenvalue weighted by Gasteiger charge is -2.15. The normalized spacial score (nSPS) is 17.2. The standard InChI is InChI=1S/C14H20F2N2O2S/c1-9(2)17-8-10-6-11(15)13(16)12(7-10)21(19,20)18-14(3)4-5-14/h6-7,9,17-18H,4-5,8H2,1-3H3. The maximum atomic E-state index is 13.9. The minimum absolute atomic E-state index is 0.154. The molecule has 0 atom stereocenters. The summed E-state index contributed by atoms with van der Waals surface area (Å²) in [6.07, 6.45) is 1.40. The maximum Gasteiger partial charge on any atom is 0.244 e. The first-order chi connectivity index (χ1) is 9.63. The summed E-state index contributed by atoms with van der Waals surface area (Å²) >= 11 is 0. The Bertz CT molecular complexity index is 641. The molecular formula is C14H20F2N2O2S. The molecule has 0 amide bonds. The summed E-state index contributed by atoms with van der Waals surface area (Å²) in [6, 6.07) is 2.35. The first kappa shape index (κ1) is 16.3. The molecule has 0 aromatic heterocycles. The molecule has 21 heavy (non-hydrogen) atoms. The zero-order chi connectivity index (χ0) is 15.8. The smallest absolute Gasteiger partial charge is 0.244 e. The average molecular weight is 318 g/mol. The topological polar surface area (TPSA) is 58.2 Å². The highest BCUT2D eigenvalue weighted by atomic mass is 32.2. The maximum absolute atomic E-state index is 13.9. The summed E-state index contributed by atoms with van der Waals surface area (Å²) in [5, 5.41) is 3.04. The second-order valence-corrected chi connectivity index (χ2v) is 7.74. The van der Waals surface area contributed by atoms with E-state index in [0.29, 0.717) is 18.4 Å². The van der Waals surface area contributed by atoms with Gasteiger partial charge in [-0.25, -0.2) is 21.9 Å². The van der Waals surface area contributed by atoms with Crippen molar-refractivity contribution in [2.75, 3.05) is 0 Å². The summed E-state index contributed by atoms with van der Waals surface area (Å²) in [5.74, 6) is -2.49. The Kier molecular flexibility index (Phi) is 4.37. The molecule has 0 unspecified atom stereocenters. The van der Waals surface area contributed by atoms with Gasteiger partial charge >= 0.3 is 0 Å². The van der Waals surface area contributed by atoms with E-state index in [0.717, 1.165) is 6.07 Å². The molecule has 0 saturated heterocycles. The summed E-state index contributed by atoms with van der Waals surface area (Å²) in [5.41, 5.74) is -0.141. The van der Waals surface area contributed by atoms with Crippen molar-refractivity contribution < 1.29 is 17.2 Å². The summed E-state index contributed by atoms with van der Waals surface area (Å²) in [7, 11) is -4.06. The van der Waals surface area contributed by atoms with Crippen LogP contribution in [0.1, 0.15) is 39.2 Å². The number of halogens is 2. The fraction of sp³-hybridized carbons (Fsp3) is 0.571. The van der Waals surface area contributed by atoms with E-state index in [-0.39, 0.29) is 12.6 Å². The van der Waals surface area contributed by atoms with Crippen molar-refractivity contribution in [2.45, 2.75) is 56.6 Å². The zero-order valence-electron chi connectivity index (χ0n) is 12.3. The number of sulfonamides is 1. The first-order valence-electron chi connectivity index (χ1n) is 6.88. The lowest BCUT2D eigenvalue weighted by Crippen LogP contribution is -2.35. The number of nitrogens with one attached hydrogen (secondary N) is 2. The van der Waals surface area contributed by atoms with Crippen LogP contribution in [0.25, 0.3) is 0 Å². The fourth-order valence-electron chi connectivity index (χ4n) is 1.91.